The first kappa shape index (κ1) is 15.0. The van der Waals surface area contributed by atoms with Gasteiger partial charge in [-0.2, -0.15) is 0 Å². The maximum Gasteiger partial charge on any atom is 0.165 e. The van der Waals surface area contributed by atoms with E-state index < -0.39 is 11.9 Å². The zero-order valence-corrected chi connectivity index (χ0v) is 12.9. The van der Waals surface area contributed by atoms with Crippen LogP contribution in [0, 0.1) is 5.82 Å². The first-order valence-electron chi connectivity index (χ1n) is 6.44. The Bertz CT molecular complexity index is 599. The third-order valence-electron chi connectivity index (χ3n) is 3.13. The summed E-state index contributed by atoms with van der Waals surface area (Å²) in [5.41, 5.74) is 0.689. The lowest BCUT2D eigenvalue weighted by Crippen LogP contribution is -2.07. The fourth-order valence-corrected chi connectivity index (χ4v) is 2.99. The van der Waals surface area contributed by atoms with Gasteiger partial charge in [-0.25, -0.2) is 4.39 Å². The molecule has 0 saturated heterocycles. The molecule has 108 valence electrons. The largest absolute Gasteiger partial charge is 0.494 e. The van der Waals surface area contributed by atoms with E-state index in [9.17, 15) is 9.50 Å². The zero-order chi connectivity index (χ0) is 14.9. The molecule has 1 atom stereocenters. The summed E-state index contributed by atoms with van der Waals surface area (Å²) in [7, 11) is 1.41. The molecule has 4 heteroatoms. The lowest BCUT2D eigenvalue weighted by atomic mass is 9.95. The van der Waals surface area contributed by atoms with Crippen molar-refractivity contribution in [3.63, 3.8) is 0 Å². The highest BCUT2D eigenvalue weighted by molar-refractivity contribution is 7.12. The molecule has 1 N–H and O–H groups in total. The van der Waals surface area contributed by atoms with Crippen molar-refractivity contribution in [1.29, 1.82) is 0 Å². The zero-order valence-electron chi connectivity index (χ0n) is 12.1. The quantitative estimate of drug-likeness (QED) is 0.915. The molecular weight excluding hydrogens is 275 g/mol. The standard InChI is InChI=1S/C16H19FO2S/c1-16(2,3)14-8-7-13(20-14)15(18)10-5-6-11(17)12(9-10)19-4/h5-9,15,18H,1-4H3. The monoisotopic (exact) mass is 294 g/mol. The van der Waals surface area contributed by atoms with E-state index in [0.29, 0.717) is 5.56 Å². The molecule has 1 heterocycles. The molecule has 0 aliphatic rings. The highest BCUT2D eigenvalue weighted by Gasteiger charge is 2.20. The smallest absolute Gasteiger partial charge is 0.165 e. The third-order valence-corrected chi connectivity index (χ3v) is 4.69. The van der Waals surface area contributed by atoms with Crippen LogP contribution in [0.5, 0.6) is 5.75 Å². The van der Waals surface area contributed by atoms with Crippen molar-refractivity contribution in [3.05, 3.63) is 51.5 Å². The van der Waals surface area contributed by atoms with E-state index in [1.807, 2.05) is 12.1 Å². The summed E-state index contributed by atoms with van der Waals surface area (Å²) in [5, 5.41) is 10.4. The Labute approximate surface area is 122 Å². The second-order valence-corrected chi connectivity index (χ2v) is 6.86. The minimum absolute atomic E-state index is 0.0587. The van der Waals surface area contributed by atoms with Gasteiger partial charge in [-0.15, -0.1) is 11.3 Å². The topological polar surface area (TPSA) is 29.5 Å². The number of rotatable bonds is 3. The Kier molecular flexibility index (Phi) is 4.16. The van der Waals surface area contributed by atoms with Crippen molar-refractivity contribution in [2.75, 3.05) is 7.11 Å². The number of methoxy groups -OCH3 is 1. The van der Waals surface area contributed by atoms with Crippen LogP contribution in [0.15, 0.2) is 30.3 Å². The highest BCUT2D eigenvalue weighted by Crippen LogP contribution is 2.35. The molecule has 0 aliphatic carbocycles. The van der Waals surface area contributed by atoms with Gasteiger partial charge in [0.05, 0.1) is 7.11 Å². The number of halogens is 1. The number of benzene rings is 1. The van der Waals surface area contributed by atoms with Gasteiger partial charge in [0, 0.05) is 9.75 Å². The Balaban J connectivity index is 2.31. The van der Waals surface area contributed by atoms with Gasteiger partial charge >= 0.3 is 0 Å². The van der Waals surface area contributed by atoms with E-state index in [4.69, 9.17) is 4.74 Å². The van der Waals surface area contributed by atoms with Gasteiger partial charge in [-0.3, -0.25) is 0 Å². The van der Waals surface area contributed by atoms with Crippen molar-refractivity contribution in [3.8, 4) is 5.75 Å². The summed E-state index contributed by atoms with van der Waals surface area (Å²) >= 11 is 1.58. The molecule has 0 fully saturated rings. The average Bonchev–Trinajstić information content (AvgIpc) is 2.88. The molecule has 1 aromatic carbocycles. The van der Waals surface area contributed by atoms with E-state index >= 15 is 0 Å². The fraction of sp³-hybridized carbons (Fsp3) is 0.375. The van der Waals surface area contributed by atoms with Gasteiger partial charge in [0.2, 0.25) is 0 Å². The molecule has 2 nitrogen and oxygen atoms in total. The Morgan fingerprint density at radius 3 is 2.45 bits per heavy atom. The van der Waals surface area contributed by atoms with Crippen molar-refractivity contribution in [2.24, 2.45) is 0 Å². The van der Waals surface area contributed by atoms with Gasteiger partial charge in [0.25, 0.3) is 0 Å². The van der Waals surface area contributed by atoms with Crippen LogP contribution in [0.4, 0.5) is 4.39 Å². The normalized spacial score (nSPS) is 13.3. The van der Waals surface area contributed by atoms with Gasteiger partial charge in [-0.05, 0) is 35.2 Å². The van der Waals surface area contributed by atoms with Gasteiger partial charge in [0.1, 0.15) is 6.10 Å². The summed E-state index contributed by atoms with van der Waals surface area (Å²) in [4.78, 5) is 2.06. The number of aliphatic hydroxyl groups excluding tert-OH is 1. The molecule has 2 aromatic rings. The van der Waals surface area contributed by atoms with Crippen molar-refractivity contribution < 1.29 is 14.2 Å². The fourth-order valence-electron chi connectivity index (χ4n) is 1.91. The van der Waals surface area contributed by atoms with Crippen LogP contribution in [-0.4, -0.2) is 12.2 Å². The van der Waals surface area contributed by atoms with Crippen molar-refractivity contribution in [2.45, 2.75) is 32.3 Å². The Morgan fingerprint density at radius 2 is 1.90 bits per heavy atom. The van der Waals surface area contributed by atoms with E-state index in [-0.39, 0.29) is 11.2 Å². The van der Waals surface area contributed by atoms with Crippen LogP contribution in [0.25, 0.3) is 0 Å². The Morgan fingerprint density at radius 1 is 1.20 bits per heavy atom. The van der Waals surface area contributed by atoms with Gasteiger partial charge in [-0.1, -0.05) is 26.8 Å². The predicted molar refractivity (Wildman–Crippen MR) is 80.0 cm³/mol. The second-order valence-electron chi connectivity index (χ2n) is 5.75. The molecule has 1 aromatic heterocycles. The first-order chi connectivity index (χ1) is 9.32. The number of hydrogen-bond donors (Lipinski definition) is 1. The number of ether oxygens (including phenoxy) is 1. The number of aliphatic hydroxyl groups is 1. The maximum absolute atomic E-state index is 13.4. The molecule has 0 radical (unpaired) electrons. The molecular formula is C16H19FO2S. The maximum atomic E-state index is 13.4. The first-order valence-corrected chi connectivity index (χ1v) is 7.26. The van der Waals surface area contributed by atoms with Crippen molar-refractivity contribution >= 4 is 11.3 Å². The summed E-state index contributed by atoms with van der Waals surface area (Å²) in [6.07, 6.45) is -0.759. The molecule has 0 saturated carbocycles. The average molecular weight is 294 g/mol. The SMILES string of the molecule is COc1cc(C(O)c2ccc(C(C)(C)C)s2)ccc1F. The number of thiophene rings is 1. The summed E-state index contributed by atoms with van der Waals surface area (Å²) in [6.45, 7) is 6.40. The van der Waals surface area contributed by atoms with Crippen LogP contribution in [-0.2, 0) is 5.41 Å². The molecule has 0 aliphatic heterocycles. The van der Waals surface area contributed by atoms with Crippen LogP contribution in [0.1, 0.15) is 42.2 Å². The summed E-state index contributed by atoms with van der Waals surface area (Å²) in [5.74, 6) is -0.279. The lowest BCUT2D eigenvalue weighted by Gasteiger charge is -2.16. The minimum atomic E-state index is -0.759. The number of hydrogen-bond acceptors (Lipinski definition) is 3. The lowest BCUT2D eigenvalue weighted by molar-refractivity contribution is 0.223. The molecule has 0 spiro atoms. The van der Waals surface area contributed by atoms with Crippen LogP contribution < -0.4 is 4.74 Å². The van der Waals surface area contributed by atoms with E-state index in [2.05, 4.69) is 20.8 Å². The van der Waals surface area contributed by atoms with Gasteiger partial charge in [0.15, 0.2) is 11.6 Å². The summed E-state index contributed by atoms with van der Waals surface area (Å²) in [6, 6.07) is 8.39. The van der Waals surface area contributed by atoms with E-state index in [1.165, 1.54) is 24.1 Å². The van der Waals surface area contributed by atoms with Crippen LogP contribution >= 0.6 is 11.3 Å². The predicted octanol–water partition coefficient (Wildman–Crippen LogP) is 4.28. The third kappa shape index (κ3) is 3.02. The minimum Gasteiger partial charge on any atom is -0.494 e. The molecule has 0 bridgehead atoms. The van der Waals surface area contributed by atoms with E-state index in [0.717, 1.165) is 4.88 Å². The molecule has 1 unspecified atom stereocenters. The van der Waals surface area contributed by atoms with Crippen LogP contribution in [0.3, 0.4) is 0 Å². The summed E-state index contributed by atoms with van der Waals surface area (Å²) < 4.78 is 18.3. The van der Waals surface area contributed by atoms with Gasteiger partial charge < -0.3 is 9.84 Å². The molecule has 20 heavy (non-hydrogen) atoms. The molecule has 2 rings (SSSR count). The Hall–Kier alpha value is -1.39. The highest BCUT2D eigenvalue weighted by atomic mass is 32.1. The molecule has 0 amide bonds. The van der Waals surface area contributed by atoms with Crippen molar-refractivity contribution in [1.82, 2.24) is 0 Å². The van der Waals surface area contributed by atoms with Crippen LogP contribution in [0.2, 0.25) is 0 Å². The van der Waals surface area contributed by atoms with E-state index in [1.54, 1.807) is 17.4 Å². The second kappa shape index (κ2) is 5.54.